The van der Waals surface area contributed by atoms with Gasteiger partial charge in [0.2, 0.25) is 0 Å². The zero-order chi connectivity index (χ0) is 21.0. The van der Waals surface area contributed by atoms with Crippen molar-refractivity contribution in [3.8, 4) is 0 Å². The van der Waals surface area contributed by atoms with Crippen molar-refractivity contribution >= 4 is 11.9 Å². The van der Waals surface area contributed by atoms with Crippen molar-refractivity contribution in [3.05, 3.63) is 35.9 Å². The molecule has 2 saturated heterocycles. The summed E-state index contributed by atoms with van der Waals surface area (Å²) in [5.74, 6) is -2.85. The van der Waals surface area contributed by atoms with Gasteiger partial charge in [0.15, 0.2) is 23.8 Å². The molecule has 1 saturated carbocycles. The van der Waals surface area contributed by atoms with Gasteiger partial charge < -0.3 is 28.4 Å². The highest BCUT2D eigenvalue weighted by molar-refractivity contribution is 5.89. The van der Waals surface area contributed by atoms with Crippen molar-refractivity contribution in [2.75, 3.05) is 0 Å². The molecule has 3 fully saturated rings. The van der Waals surface area contributed by atoms with E-state index in [0.29, 0.717) is 5.56 Å². The van der Waals surface area contributed by atoms with Crippen LogP contribution in [0.2, 0.25) is 0 Å². The Hall–Kier alpha value is -2.00. The first kappa shape index (κ1) is 20.3. The molecule has 0 radical (unpaired) electrons. The van der Waals surface area contributed by atoms with E-state index in [-0.39, 0.29) is 0 Å². The van der Waals surface area contributed by atoms with Crippen LogP contribution < -0.4 is 0 Å². The summed E-state index contributed by atoms with van der Waals surface area (Å²) < 4.78 is 35.6. The van der Waals surface area contributed by atoms with E-state index in [1.54, 1.807) is 52.0 Å². The summed E-state index contributed by atoms with van der Waals surface area (Å²) in [6.45, 7) is 8.36. The average molecular weight is 406 g/mol. The average Bonchev–Trinajstić information content (AvgIpc) is 3.13. The Bertz CT molecular complexity index is 757. The van der Waals surface area contributed by atoms with Crippen LogP contribution in [-0.2, 0) is 33.2 Å². The van der Waals surface area contributed by atoms with Crippen molar-refractivity contribution in [3.63, 3.8) is 0 Å². The van der Waals surface area contributed by atoms with Gasteiger partial charge in [-0.3, -0.25) is 4.79 Å². The number of carbonyl (C=O) groups excluding carboxylic acids is 2. The lowest BCUT2D eigenvalue weighted by Gasteiger charge is -2.41. The Kier molecular flexibility index (Phi) is 4.93. The van der Waals surface area contributed by atoms with E-state index in [9.17, 15) is 9.59 Å². The fourth-order valence-corrected chi connectivity index (χ4v) is 4.25. The summed E-state index contributed by atoms with van der Waals surface area (Å²) >= 11 is 0. The fourth-order valence-electron chi connectivity index (χ4n) is 4.25. The summed E-state index contributed by atoms with van der Waals surface area (Å²) in [4.78, 5) is 24.5. The van der Waals surface area contributed by atoms with Crippen molar-refractivity contribution in [1.82, 2.24) is 0 Å². The molecule has 0 N–H and O–H groups in total. The number of ether oxygens (including phenoxy) is 6. The van der Waals surface area contributed by atoms with E-state index < -0.39 is 60.1 Å². The minimum Gasteiger partial charge on any atom is -0.457 e. The second kappa shape index (κ2) is 7.05. The van der Waals surface area contributed by atoms with Crippen LogP contribution in [0.4, 0.5) is 0 Å². The monoisotopic (exact) mass is 406 g/mol. The Morgan fingerprint density at radius 1 is 0.759 bits per heavy atom. The maximum Gasteiger partial charge on any atom is 0.338 e. The molecule has 8 heteroatoms. The first-order chi connectivity index (χ1) is 13.6. The smallest absolute Gasteiger partial charge is 0.338 e. The molecule has 2 aliphatic heterocycles. The SMILES string of the molecule is CC(=O)OC1[C@@H]2OC(C)(C)O[C@@H]2C(OC(=O)c2ccccc2)[C@H]2OC(C)(C)O[C@@H]12. The van der Waals surface area contributed by atoms with Gasteiger partial charge in [0.25, 0.3) is 0 Å². The zero-order valence-corrected chi connectivity index (χ0v) is 17.1. The molecule has 0 aromatic heterocycles. The number of fused-ring (bicyclic) bond motifs is 2. The van der Waals surface area contributed by atoms with E-state index in [0.717, 1.165) is 0 Å². The zero-order valence-electron chi connectivity index (χ0n) is 17.1. The third kappa shape index (κ3) is 3.90. The normalized spacial score (nSPS) is 36.7. The molecular formula is C21H26O8. The molecule has 1 aliphatic carbocycles. The third-order valence-electron chi connectivity index (χ3n) is 5.18. The highest BCUT2D eigenvalue weighted by atomic mass is 16.8. The van der Waals surface area contributed by atoms with E-state index in [1.807, 2.05) is 6.07 Å². The van der Waals surface area contributed by atoms with Crippen LogP contribution in [-0.4, -0.2) is 60.1 Å². The highest BCUT2D eigenvalue weighted by Gasteiger charge is 2.65. The Balaban J connectivity index is 1.68. The first-order valence-electron chi connectivity index (χ1n) is 9.71. The lowest BCUT2D eigenvalue weighted by atomic mass is 9.84. The Labute approximate surface area is 169 Å². The van der Waals surface area contributed by atoms with Crippen molar-refractivity contribution in [1.29, 1.82) is 0 Å². The molecule has 0 bridgehead atoms. The second-order valence-electron chi connectivity index (χ2n) is 8.44. The maximum absolute atomic E-state index is 12.8. The largest absolute Gasteiger partial charge is 0.457 e. The van der Waals surface area contributed by atoms with Gasteiger partial charge in [-0.2, -0.15) is 0 Å². The molecule has 1 aromatic carbocycles. The number of esters is 2. The van der Waals surface area contributed by atoms with E-state index in [4.69, 9.17) is 28.4 Å². The molecule has 0 amide bonds. The van der Waals surface area contributed by atoms with Crippen LogP contribution in [0.3, 0.4) is 0 Å². The molecule has 158 valence electrons. The molecule has 4 atom stereocenters. The number of carbonyl (C=O) groups is 2. The van der Waals surface area contributed by atoms with Crippen LogP contribution in [0, 0.1) is 0 Å². The van der Waals surface area contributed by atoms with Crippen LogP contribution in [0.25, 0.3) is 0 Å². The van der Waals surface area contributed by atoms with Gasteiger partial charge in [0.05, 0.1) is 5.56 Å². The van der Waals surface area contributed by atoms with Crippen molar-refractivity contribution in [2.24, 2.45) is 0 Å². The maximum atomic E-state index is 12.8. The molecule has 4 rings (SSSR count). The van der Waals surface area contributed by atoms with Gasteiger partial charge in [0, 0.05) is 6.92 Å². The summed E-state index contributed by atoms with van der Waals surface area (Å²) in [6, 6.07) is 8.69. The third-order valence-corrected chi connectivity index (χ3v) is 5.18. The van der Waals surface area contributed by atoms with Crippen molar-refractivity contribution in [2.45, 2.75) is 82.8 Å². The molecule has 3 aliphatic rings. The van der Waals surface area contributed by atoms with Crippen LogP contribution >= 0.6 is 0 Å². The minimum absolute atomic E-state index is 0.416. The molecule has 29 heavy (non-hydrogen) atoms. The van der Waals surface area contributed by atoms with Crippen molar-refractivity contribution < 1.29 is 38.0 Å². The topological polar surface area (TPSA) is 89.5 Å². The molecule has 0 unspecified atom stereocenters. The summed E-state index contributed by atoms with van der Waals surface area (Å²) in [6.07, 6.45) is -4.24. The fraction of sp³-hybridized carbons (Fsp3) is 0.619. The lowest BCUT2D eigenvalue weighted by molar-refractivity contribution is -0.194. The summed E-state index contributed by atoms with van der Waals surface area (Å²) in [5, 5.41) is 0. The van der Waals surface area contributed by atoms with E-state index in [1.165, 1.54) is 6.92 Å². The van der Waals surface area contributed by atoms with Crippen LogP contribution in [0.5, 0.6) is 0 Å². The highest BCUT2D eigenvalue weighted by Crippen LogP contribution is 2.46. The van der Waals surface area contributed by atoms with E-state index >= 15 is 0 Å². The van der Waals surface area contributed by atoms with Gasteiger partial charge in [-0.05, 0) is 39.8 Å². The number of hydrogen-bond acceptors (Lipinski definition) is 8. The van der Waals surface area contributed by atoms with Gasteiger partial charge in [-0.15, -0.1) is 0 Å². The molecular weight excluding hydrogens is 380 g/mol. The molecule has 2 heterocycles. The van der Waals surface area contributed by atoms with Gasteiger partial charge in [-0.25, -0.2) is 4.79 Å². The minimum atomic E-state index is -0.945. The molecule has 1 aromatic rings. The number of benzene rings is 1. The van der Waals surface area contributed by atoms with Crippen LogP contribution in [0.1, 0.15) is 45.0 Å². The lowest BCUT2D eigenvalue weighted by Crippen LogP contribution is -2.63. The Morgan fingerprint density at radius 2 is 1.17 bits per heavy atom. The quantitative estimate of drug-likeness (QED) is 0.706. The number of rotatable bonds is 3. The first-order valence-corrected chi connectivity index (χ1v) is 9.71. The van der Waals surface area contributed by atoms with E-state index in [2.05, 4.69) is 0 Å². The summed E-state index contributed by atoms with van der Waals surface area (Å²) in [5.41, 5.74) is 0.416. The molecule has 8 nitrogen and oxygen atoms in total. The van der Waals surface area contributed by atoms with Gasteiger partial charge >= 0.3 is 11.9 Å². The summed E-state index contributed by atoms with van der Waals surface area (Å²) in [7, 11) is 0. The predicted octanol–water partition coefficient (Wildman–Crippen LogP) is 2.20. The predicted molar refractivity (Wildman–Crippen MR) is 98.8 cm³/mol. The Morgan fingerprint density at radius 3 is 1.59 bits per heavy atom. The second-order valence-corrected chi connectivity index (χ2v) is 8.44. The standard InChI is InChI=1S/C21H26O8/c1-11(22)24-13-15-17(28-20(2,3)26-15)14(18-16(13)27-21(4,5)29-18)25-19(23)12-9-7-6-8-10-12/h6-10,13-18H,1-5H3/t13?,14?,15-,16-,17+,18+/m0/s1. The number of hydrogen-bond donors (Lipinski definition) is 0. The van der Waals surface area contributed by atoms with Gasteiger partial charge in [-0.1, -0.05) is 18.2 Å². The van der Waals surface area contributed by atoms with Crippen LogP contribution in [0.15, 0.2) is 30.3 Å². The van der Waals surface area contributed by atoms with Gasteiger partial charge in [0.1, 0.15) is 24.4 Å². The molecule has 0 spiro atoms.